The fraction of sp³-hybridized carbons (Fsp3) is 0.556. The van der Waals surface area contributed by atoms with E-state index in [0.717, 1.165) is 16.8 Å². The molecule has 2 amide bonds. The van der Waals surface area contributed by atoms with Gasteiger partial charge in [-0.3, -0.25) is 9.59 Å². The number of carbonyl (C=O) groups excluding carboxylic acids is 2. The van der Waals surface area contributed by atoms with E-state index in [4.69, 9.17) is 0 Å². The number of aliphatic hydroxyl groups is 1. The predicted molar refractivity (Wildman–Crippen MR) is 90.3 cm³/mol. The Morgan fingerprint density at radius 2 is 1.87 bits per heavy atom. The topological polar surface area (TPSA) is 60.9 Å². The van der Waals surface area contributed by atoms with Crippen LogP contribution in [0.5, 0.6) is 0 Å². The molecule has 1 aliphatic heterocycles. The van der Waals surface area contributed by atoms with E-state index in [1.807, 2.05) is 26.0 Å². The van der Waals surface area contributed by atoms with Gasteiger partial charge in [0, 0.05) is 25.8 Å². The molecule has 1 atom stereocenters. The van der Waals surface area contributed by atoms with Gasteiger partial charge >= 0.3 is 0 Å². The molecule has 5 nitrogen and oxygen atoms in total. The molecule has 1 aliphatic rings. The zero-order valence-electron chi connectivity index (χ0n) is 14.6. The molecule has 1 unspecified atom stereocenters. The summed E-state index contributed by atoms with van der Waals surface area (Å²) in [5.41, 5.74) is 2.08. The Hall–Kier alpha value is -1.88. The monoisotopic (exact) mass is 318 g/mol. The van der Waals surface area contributed by atoms with E-state index in [1.165, 1.54) is 4.90 Å². The molecule has 126 valence electrons. The average Bonchev–Trinajstić information content (AvgIpc) is 2.76. The summed E-state index contributed by atoms with van der Waals surface area (Å²) in [5, 5.41) is 9.85. The zero-order chi connectivity index (χ0) is 17.4. The van der Waals surface area contributed by atoms with Crippen LogP contribution in [0.4, 0.5) is 5.69 Å². The second-order valence-electron chi connectivity index (χ2n) is 7.18. The Morgan fingerprint density at radius 1 is 1.30 bits per heavy atom. The van der Waals surface area contributed by atoms with Gasteiger partial charge in [0.1, 0.15) is 5.92 Å². The minimum atomic E-state index is -0.973. The van der Waals surface area contributed by atoms with Crippen LogP contribution in [0.2, 0.25) is 0 Å². The third kappa shape index (κ3) is 4.10. The molecule has 1 N–H and O–H groups in total. The normalized spacial score (nSPS) is 18.4. The van der Waals surface area contributed by atoms with Crippen LogP contribution in [-0.4, -0.2) is 47.6 Å². The first kappa shape index (κ1) is 17.5. The van der Waals surface area contributed by atoms with E-state index in [1.54, 1.807) is 25.8 Å². The van der Waals surface area contributed by atoms with E-state index >= 15 is 0 Å². The first-order valence-corrected chi connectivity index (χ1v) is 7.95. The van der Waals surface area contributed by atoms with E-state index in [0.29, 0.717) is 13.0 Å². The van der Waals surface area contributed by atoms with E-state index < -0.39 is 11.5 Å². The van der Waals surface area contributed by atoms with Gasteiger partial charge in [-0.2, -0.15) is 0 Å². The number of benzene rings is 1. The number of amides is 2. The van der Waals surface area contributed by atoms with Crippen molar-refractivity contribution >= 4 is 17.5 Å². The van der Waals surface area contributed by atoms with Gasteiger partial charge in [-0.15, -0.1) is 0 Å². The van der Waals surface area contributed by atoms with Crippen LogP contribution < -0.4 is 4.90 Å². The highest BCUT2D eigenvalue weighted by Gasteiger charge is 2.39. The largest absolute Gasteiger partial charge is 0.389 e. The second-order valence-corrected chi connectivity index (χ2v) is 7.18. The van der Waals surface area contributed by atoms with Gasteiger partial charge in [0.15, 0.2) is 0 Å². The maximum absolute atomic E-state index is 12.7. The van der Waals surface area contributed by atoms with Gasteiger partial charge in [-0.05, 0) is 57.4 Å². The minimum absolute atomic E-state index is 0.150. The van der Waals surface area contributed by atoms with Crippen LogP contribution in [-0.2, 0) is 9.59 Å². The molecule has 1 fully saturated rings. The molecular weight excluding hydrogens is 292 g/mol. The SMILES string of the molecule is Cc1cc(C)cc(N2CCC(C(=O)N(C)CC(C)(C)O)C2=O)c1. The van der Waals surface area contributed by atoms with Gasteiger partial charge < -0.3 is 14.9 Å². The Morgan fingerprint density at radius 3 is 2.39 bits per heavy atom. The highest BCUT2D eigenvalue weighted by Crippen LogP contribution is 2.28. The van der Waals surface area contributed by atoms with Crippen molar-refractivity contribution in [3.63, 3.8) is 0 Å². The zero-order valence-corrected chi connectivity index (χ0v) is 14.6. The summed E-state index contributed by atoms with van der Waals surface area (Å²) in [6.07, 6.45) is 0.515. The number of hydrogen-bond acceptors (Lipinski definition) is 3. The maximum atomic E-state index is 12.7. The van der Waals surface area contributed by atoms with E-state index in [2.05, 4.69) is 6.07 Å². The van der Waals surface area contributed by atoms with Crippen molar-refractivity contribution in [1.82, 2.24) is 4.90 Å². The van der Waals surface area contributed by atoms with Crippen molar-refractivity contribution < 1.29 is 14.7 Å². The molecule has 0 saturated carbocycles. The van der Waals surface area contributed by atoms with Gasteiger partial charge in [0.25, 0.3) is 0 Å². The van der Waals surface area contributed by atoms with Crippen LogP contribution in [0, 0.1) is 19.8 Å². The summed E-state index contributed by atoms with van der Waals surface area (Å²) in [6, 6.07) is 6.00. The molecule has 0 spiro atoms. The van der Waals surface area contributed by atoms with Gasteiger partial charge in [-0.25, -0.2) is 0 Å². The van der Waals surface area contributed by atoms with E-state index in [-0.39, 0.29) is 18.4 Å². The number of carbonyl (C=O) groups is 2. The lowest BCUT2D eigenvalue weighted by Crippen LogP contribution is -2.44. The minimum Gasteiger partial charge on any atom is -0.389 e. The molecule has 0 aliphatic carbocycles. The molecule has 1 heterocycles. The van der Waals surface area contributed by atoms with Crippen molar-refractivity contribution in [2.45, 2.75) is 39.7 Å². The highest BCUT2D eigenvalue weighted by atomic mass is 16.3. The number of aryl methyl sites for hydroxylation is 2. The van der Waals surface area contributed by atoms with Crippen LogP contribution in [0.15, 0.2) is 18.2 Å². The van der Waals surface area contributed by atoms with Crippen molar-refractivity contribution in [1.29, 1.82) is 0 Å². The number of likely N-dealkylation sites (N-methyl/N-ethyl adjacent to an activating group) is 1. The summed E-state index contributed by atoms with van der Waals surface area (Å²) in [6.45, 7) is 8.05. The summed E-state index contributed by atoms with van der Waals surface area (Å²) in [5.74, 6) is -1.02. The molecule has 1 saturated heterocycles. The highest BCUT2D eigenvalue weighted by molar-refractivity contribution is 6.09. The first-order valence-electron chi connectivity index (χ1n) is 7.95. The van der Waals surface area contributed by atoms with E-state index in [9.17, 15) is 14.7 Å². The molecular formula is C18H26N2O3. The molecule has 0 bridgehead atoms. The Labute approximate surface area is 137 Å². The van der Waals surface area contributed by atoms with Crippen molar-refractivity contribution in [2.75, 3.05) is 25.0 Å². The molecule has 5 heteroatoms. The molecule has 1 aromatic rings. The summed E-state index contributed by atoms with van der Waals surface area (Å²) >= 11 is 0. The maximum Gasteiger partial charge on any atom is 0.239 e. The van der Waals surface area contributed by atoms with Crippen molar-refractivity contribution in [3.05, 3.63) is 29.3 Å². The van der Waals surface area contributed by atoms with Gasteiger partial charge in [0.2, 0.25) is 11.8 Å². The van der Waals surface area contributed by atoms with Crippen LogP contribution >= 0.6 is 0 Å². The van der Waals surface area contributed by atoms with Crippen LogP contribution in [0.3, 0.4) is 0 Å². The van der Waals surface area contributed by atoms with Gasteiger partial charge in [-0.1, -0.05) is 6.07 Å². The van der Waals surface area contributed by atoms with Crippen LogP contribution in [0.1, 0.15) is 31.4 Å². The lowest BCUT2D eigenvalue weighted by atomic mass is 10.0. The summed E-state index contributed by atoms with van der Waals surface area (Å²) in [4.78, 5) is 28.3. The number of rotatable bonds is 4. The number of hydrogen-bond donors (Lipinski definition) is 1. The quantitative estimate of drug-likeness (QED) is 0.862. The van der Waals surface area contributed by atoms with Crippen molar-refractivity contribution in [2.24, 2.45) is 5.92 Å². The Bertz CT molecular complexity index is 599. The molecule has 0 radical (unpaired) electrons. The number of nitrogens with zero attached hydrogens (tertiary/aromatic N) is 2. The lowest BCUT2D eigenvalue weighted by Gasteiger charge is -2.27. The fourth-order valence-electron chi connectivity index (χ4n) is 3.20. The fourth-order valence-corrected chi connectivity index (χ4v) is 3.20. The third-order valence-corrected chi connectivity index (χ3v) is 4.02. The van der Waals surface area contributed by atoms with Gasteiger partial charge in [0.05, 0.1) is 5.60 Å². The summed E-state index contributed by atoms with van der Waals surface area (Å²) < 4.78 is 0. The Balaban J connectivity index is 2.13. The molecule has 0 aromatic heterocycles. The number of anilines is 1. The second kappa shape index (κ2) is 6.32. The third-order valence-electron chi connectivity index (χ3n) is 4.02. The van der Waals surface area contributed by atoms with Crippen LogP contribution in [0.25, 0.3) is 0 Å². The standard InChI is InChI=1S/C18H26N2O3/c1-12-8-13(2)10-14(9-12)20-7-6-15(17(20)22)16(21)19(5)11-18(3,4)23/h8-10,15,23H,6-7,11H2,1-5H3. The predicted octanol–water partition coefficient (Wildman–Crippen LogP) is 1.89. The summed E-state index contributed by atoms with van der Waals surface area (Å²) in [7, 11) is 1.63. The molecule has 2 rings (SSSR count). The average molecular weight is 318 g/mol. The first-order chi connectivity index (χ1) is 10.6. The Kier molecular flexibility index (Phi) is 4.80. The smallest absolute Gasteiger partial charge is 0.239 e. The van der Waals surface area contributed by atoms with Crippen molar-refractivity contribution in [3.8, 4) is 0 Å². The molecule has 1 aromatic carbocycles. The molecule has 23 heavy (non-hydrogen) atoms. The lowest BCUT2D eigenvalue weighted by molar-refractivity contribution is -0.141.